The Morgan fingerprint density at radius 3 is 2.40 bits per heavy atom. The number of imidazole rings is 1. The third kappa shape index (κ3) is 6.33. The molecule has 5 N–H and O–H groups in total. The van der Waals surface area contributed by atoms with Gasteiger partial charge in [0, 0.05) is 17.3 Å². The summed E-state index contributed by atoms with van der Waals surface area (Å²) in [6, 6.07) is 21.1. The molecule has 0 spiro atoms. The van der Waals surface area contributed by atoms with E-state index in [0.717, 1.165) is 4.90 Å². The number of nitrogen functional groups attached to an aromatic ring is 1. The van der Waals surface area contributed by atoms with E-state index in [-0.39, 0.29) is 22.8 Å². The van der Waals surface area contributed by atoms with Crippen LogP contribution in [0.4, 0.5) is 17.5 Å². The standard InChI is InChI=1S/C37H33N7O7S/c1-4-50-31-18-22(9-14-30(31)51-20(2)3)32(34(45)43-52(48,49)24-11-13-28-29(19-24)42-37(38)41-28)40-23-10-12-25-21(17-23)15-16-39-33(25)44-35(46)26-7-5-6-8-27(26)36(44)47/h5-20,32,40H,4H2,1-3H3,(H,43,45)(H3,38,41,42). The Balaban J connectivity index is 1.25. The topological polar surface area (TPSA) is 199 Å². The van der Waals surface area contributed by atoms with Crippen LogP contribution in [0, 0.1) is 0 Å². The van der Waals surface area contributed by atoms with Crippen LogP contribution in [0.5, 0.6) is 11.5 Å². The van der Waals surface area contributed by atoms with Crippen molar-refractivity contribution >= 4 is 67.0 Å². The van der Waals surface area contributed by atoms with Crippen molar-refractivity contribution < 1.29 is 32.3 Å². The predicted octanol–water partition coefficient (Wildman–Crippen LogP) is 5.34. The molecule has 15 heteroatoms. The maximum absolute atomic E-state index is 14.1. The molecule has 6 aromatic rings. The summed E-state index contributed by atoms with van der Waals surface area (Å²) < 4.78 is 41.1. The Labute approximate surface area is 298 Å². The van der Waals surface area contributed by atoms with Crippen molar-refractivity contribution in [1.82, 2.24) is 19.7 Å². The first-order valence-electron chi connectivity index (χ1n) is 16.3. The number of carbonyl (C=O) groups excluding carboxylic acids is 3. The lowest BCUT2D eigenvalue weighted by Crippen LogP contribution is -2.37. The zero-order chi connectivity index (χ0) is 36.7. The lowest BCUT2D eigenvalue weighted by molar-refractivity contribution is -0.120. The molecule has 3 heterocycles. The Kier molecular flexibility index (Phi) is 8.72. The van der Waals surface area contributed by atoms with Gasteiger partial charge in [-0.05, 0) is 98.5 Å². The number of aromatic nitrogens is 3. The van der Waals surface area contributed by atoms with Crippen LogP contribution in [0.15, 0.2) is 96.0 Å². The molecule has 3 amide bonds. The van der Waals surface area contributed by atoms with E-state index in [4.69, 9.17) is 15.2 Å². The predicted molar refractivity (Wildman–Crippen MR) is 195 cm³/mol. The first kappa shape index (κ1) is 34.0. The van der Waals surface area contributed by atoms with Crippen LogP contribution in [-0.2, 0) is 14.8 Å². The van der Waals surface area contributed by atoms with E-state index in [9.17, 15) is 22.8 Å². The van der Waals surface area contributed by atoms with E-state index in [1.54, 1.807) is 66.7 Å². The second-order valence-corrected chi connectivity index (χ2v) is 13.9. The molecule has 7 rings (SSSR count). The Hall–Kier alpha value is -6.48. The molecule has 1 aliphatic heterocycles. The number of ether oxygens (including phenoxy) is 2. The molecule has 1 aliphatic rings. The summed E-state index contributed by atoms with van der Waals surface area (Å²) in [5.74, 6) is -0.738. The van der Waals surface area contributed by atoms with Crippen LogP contribution in [-0.4, -0.2) is 53.8 Å². The summed E-state index contributed by atoms with van der Waals surface area (Å²) in [7, 11) is -4.38. The fourth-order valence-corrected chi connectivity index (χ4v) is 7.05. The van der Waals surface area contributed by atoms with Crippen molar-refractivity contribution in [3.8, 4) is 11.5 Å². The number of nitrogens with one attached hydrogen (secondary N) is 3. The second kappa shape index (κ2) is 13.3. The van der Waals surface area contributed by atoms with E-state index in [0.29, 0.717) is 62.3 Å². The molecule has 1 atom stereocenters. The third-order valence-electron chi connectivity index (χ3n) is 8.30. The number of rotatable bonds is 11. The van der Waals surface area contributed by atoms with Gasteiger partial charge >= 0.3 is 0 Å². The number of nitrogens with zero attached hydrogens (tertiary/aromatic N) is 3. The minimum atomic E-state index is -4.38. The fourth-order valence-electron chi connectivity index (χ4n) is 6.03. The van der Waals surface area contributed by atoms with Crippen molar-refractivity contribution in [2.45, 2.75) is 37.8 Å². The van der Waals surface area contributed by atoms with E-state index in [2.05, 4.69) is 25.0 Å². The first-order valence-corrected chi connectivity index (χ1v) is 17.8. The number of aromatic amines is 1. The van der Waals surface area contributed by atoms with Crippen molar-refractivity contribution in [2.75, 3.05) is 22.6 Å². The van der Waals surface area contributed by atoms with Gasteiger partial charge in [0.05, 0.1) is 39.8 Å². The van der Waals surface area contributed by atoms with Crippen LogP contribution < -0.4 is 30.1 Å². The highest BCUT2D eigenvalue weighted by molar-refractivity contribution is 7.90. The number of carbonyl (C=O) groups is 3. The number of hydrogen-bond donors (Lipinski definition) is 4. The van der Waals surface area contributed by atoms with Crippen LogP contribution in [0.3, 0.4) is 0 Å². The van der Waals surface area contributed by atoms with Crippen LogP contribution in [0.25, 0.3) is 21.8 Å². The Morgan fingerprint density at radius 2 is 1.69 bits per heavy atom. The molecule has 0 bridgehead atoms. The number of fused-ring (bicyclic) bond motifs is 3. The molecule has 0 aliphatic carbocycles. The minimum absolute atomic E-state index is 0.120. The highest BCUT2D eigenvalue weighted by Gasteiger charge is 2.38. The third-order valence-corrected chi connectivity index (χ3v) is 9.65. The number of anilines is 3. The number of hydrogen-bond acceptors (Lipinski definition) is 11. The first-order chi connectivity index (χ1) is 24.9. The van der Waals surface area contributed by atoms with Crippen LogP contribution in [0.1, 0.15) is 53.1 Å². The second-order valence-electron chi connectivity index (χ2n) is 12.2. The van der Waals surface area contributed by atoms with Gasteiger partial charge in [0.25, 0.3) is 27.7 Å². The molecule has 1 unspecified atom stereocenters. The summed E-state index contributed by atoms with van der Waals surface area (Å²) >= 11 is 0. The van der Waals surface area contributed by atoms with E-state index in [1.165, 1.54) is 24.4 Å². The molecule has 2 aromatic heterocycles. The molecular weight excluding hydrogens is 687 g/mol. The molecule has 0 radical (unpaired) electrons. The summed E-state index contributed by atoms with van der Waals surface area (Å²) in [6.07, 6.45) is 1.32. The largest absolute Gasteiger partial charge is 0.490 e. The summed E-state index contributed by atoms with van der Waals surface area (Å²) in [5.41, 5.74) is 7.97. The molecule has 14 nitrogen and oxygen atoms in total. The zero-order valence-electron chi connectivity index (χ0n) is 28.2. The van der Waals surface area contributed by atoms with Crippen LogP contribution >= 0.6 is 0 Å². The molecule has 4 aromatic carbocycles. The number of H-pyrrole nitrogens is 1. The van der Waals surface area contributed by atoms with Gasteiger partial charge in [0.2, 0.25) is 0 Å². The van der Waals surface area contributed by atoms with Crippen molar-refractivity contribution in [3.05, 3.63) is 108 Å². The number of nitrogens with two attached hydrogens (primary N) is 1. The quantitative estimate of drug-likeness (QED) is 0.126. The summed E-state index contributed by atoms with van der Waals surface area (Å²) in [6.45, 7) is 5.86. The number of benzene rings is 4. The molecule has 52 heavy (non-hydrogen) atoms. The molecule has 264 valence electrons. The normalized spacial score (nSPS) is 13.4. The van der Waals surface area contributed by atoms with Gasteiger partial charge in [-0.15, -0.1) is 0 Å². The number of imide groups is 1. The van der Waals surface area contributed by atoms with E-state index < -0.39 is 33.8 Å². The summed E-state index contributed by atoms with van der Waals surface area (Å²) in [4.78, 5) is 52.7. The van der Waals surface area contributed by atoms with Gasteiger partial charge in [-0.1, -0.05) is 18.2 Å². The smallest absolute Gasteiger partial charge is 0.267 e. The maximum atomic E-state index is 14.1. The average Bonchev–Trinajstić information content (AvgIpc) is 3.61. The maximum Gasteiger partial charge on any atom is 0.267 e. The highest BCUT2D eigenvalue weighted by atomic mass is 32.2. The van der Waals surface area contributed by atoms with Crippen molar-refractivity contribution in [1.29, 1.82) is 0 Å². The number of amides is 3. The lowest BCUT2D eigenvalue weighted by Gasteiger charge is -2.22. The summed E-state index contributed by atoms with van der Waals surface area (Å²) in [5, 5.41) is 4.28. The number of pyridine rings is 1. The average molecular weight is 720 g/mol. The van der Waals surface area contributed by atoms with Crippen LogP contribution in [0.2, 0.25) is 0 Å². The van der Waals surface area contributed by atoms with Gasteiger partial charge < -0.3 is 25.5 Å². The van der Waals surface area contributed by atoms with Gasteiger partial charge in [-0.3, -0.25) is 14.4 Å². The Morgan fingerprint density at radius 1 is 0.942 bits per heavy atom. The van der Waals surface area contributed by atoms with Gasteiger partial charge in [0.1, 0.15) is 6.04 Å². The SMILES string of the molecule is CCOc1cc(C(Nc2ccc3c(N4C(=O)c5ccccc5C4=O)nccc3c2)C(=O)NS(=O)(=O)c2ccc3nc(N)[nH]c3c2)ccc1OC(C)C. The fraction of sp³-hybridized carbons (Fsp3) is 0.162. The van der Waals surface area contributed by atoms with E-state index >= 15 is 0 Å². The van der Waals surface area contributed by atoms with Crippen molar-refractivity contribution in [2.24, 2.45) is 0 Å². The highest BCUT2D eigenvalue weighted by Crippen LogP contribution is 2.36. The van der Waals surface area contributed by atoms with Gasteiger partial charge in [0.15, 0.2) is 23.3 Å². The van der Waals surface area contributed by atoms with Gasteiger partial charge in [-0.25, -0.2) is 28.0 Å². The van der Waals surface area contributed by atoms with E-state index in [1.807, 2.05) is 20.8 Å². The minimum Gasteiger partial charge on any atom is -0.490 e. The molecule has 0 fully saturated rings. The zero-order valence-corrected chi connectivity index (χ0v) is 29.0. The Bertz CT molecular complexity index is 2480. The van der Waals surface area contributed by atoms with Crippen molar-refractivity contribution in [3.63, 3.8) is 0 Å². The van der Waals surface area contributed by atoms with Gasteiger partial charge in [-0.2, -0.15) is 0 Å². The molecule has 0 saturated heterocycles. The molecule has 0 saturated carbocycles. The monoisotopic (exact) mass is 719 g/mol. The number of sulfonamides is 1. The lowest BCUT2D eigenvalue weighted by atomic mass is 10.0. The molecular formula is C37H33N7O7S.